The summed E-state index contributed by atoms with van der Waals surface area (Å²) in [5.41, 5.74) is 1.26. The minimum Gasteiger partial charge on any atom is -0.497 e. The van der Waals surface area contributed by atoms with Crippen LogP contribution in [0.4, 0.5) is 17.1 Å². The number of hydrogen-bond donors (Lipinski definition) is 2. The quantitative estimate of drug-likeness (QED) is 0.679. The number of ether oxygens (including phenoxy) is 1. The van der Waals surface area contributed by atoms with E-state index in [9.17, 15) is 9.59 Å². The SMILES string of the molecule is COc1ccc([C@@H](C)Nc2c(Nc3ccncc3)c(=O)c2=O)cc1. The van der Waals surface area contributed by atoms with Crippen LogP contribution in [-0.4, -0.2) is 12.1 Å². The maximum Gasteiger partial charge on any atom is 0.253 e. The van der Waals surface area contributed by atoms with Crippen LogP contribution in [0.25, 0.3) is 0 Å². The first-order valence-corrected chi connectivity index (χ1v) is 7.51. The van der Waals surface area contributed by atoms with Crippen molar-refractivity contribution in [1.29, 1.82) is 0 Å². The van der Waals surface area contributed by atoms with E-state index in [1.54, 1.807) is 31.6 Å². The average Bonchev–Trinajstić information content (AvgIpc) is 2.65. The zero-order valence-corrected chi connectivity index (χ0v) is 13.4. The van der Waals surface area contributed by atoms with Gasteiger partial charge in [-0.25, -0.2) is 0 Å². The van der Waals surface area contributed by atoms with Gasteiger partial charge in [-0.2, -0.15) is 0 Å². The number of nitrogens with zero attached hydrogens (tertiary/aromatic N) is 1. The number of hydrogen-bond acceptors (Lipinski definition) is 6. The number of aromatic nitrogens is 1. The lowest BCUT2D eigenvalue weighted by Crippen LogP contribution is -2.37. The zero-order chi connectivity index (χ0) is 17.1. The van der Waals surface area contributed by atoms with Crippen molar-refractivity contribution in [2.75, 3.05) is 17.7 Å². The molecule has 0 saturated heterocycles. The van der Waals surface area contributed by atoms with Gasteiger partial charge in [-0.1, -0.05) is 12.1 Å². The Kier molecular flexibility index (Phi) is 4.29. The standard InChI is InChI=1S/C18H17N3O3/c1-11(12-3-5-14(24-2)6-4-12)20-15-16(18(23)17(15)22)21-13-7-9-19-10-8-13/h3-11,20H,1-2H3,(H,19,21)/t11-/m1/s1. The summed E-state index contributed by atoms with van der Waals surface area (Å²) in [6.45, 7) is 1.93. The van der Waals surface area contributed by atoms with Gasteiger partial charge in [0.2, 0.25) is 0 Å². The molecule has 0 spiro atoms. The molecule has 1 atom stereocenters. The van der Waals surface area contributed by atoms with Crippen LogP contribution in [0.15, 0.2) is 58.4 Å². The van der Waals surface area contributed by atoms with Gasteiger partial charge in [-0.15, -0.1) is 0 Å². The molecule has 6 nitrogen and oxygen atoms in total. The van der Waals surface area contributed by atoms with Crippen LogP contribution >= 0.6 is 0 Å². The fourth-order valence-corrected chi connectivity index (χ4v) is 2.42. The molecule has 0 saturated carbocycles. The van der Waals surface area contributed by atoms with Gasteiger partial charge in [0.25, 0.3) is 10.9 Å². The first-order valence-electron chi connectivity index (χ1n) is 7.51. The summed E-state index contributed by atoms with van der Waals surface area (Å²) < 4.78 is 5.13. The van der Waals surface area contributed by atoms with E-state index in [1.165, 1.54) is 0 Å². The Hall–Kier alpha value is -3.15. The van der Waals surface area contributed by atoms with Crippen molar-refractivity contribution in [3.05, 3.63) is 74.8 Å². The van der Waals surface area contributed by atoms with Crippen LogP contribution in [0.3, 0.4) is 0 Å². The van der Waals surface area contributed by atoms with Crippen molar-refractivity contribution in [2.45, 2.75) is 13.0 Å². The molecule has 3 rings (SSSR count). The maximum atomic E-state index is 11.9. The summed E-state index contributed by atoms with van der Waals surface area (Å²) in [4.78, 5) is 27.6. The second-order valence-electron chi connectivity index (χ2n) is 5.41. The van der Waals surface area contributed by atoms with Gasteiger partial charge in [0, 0.05) is 24.1 Å². The molecular formula is C18H17N3O3. The van der Waals surface area contributed by atoms with E-state index in [4.69, 9.17) is 4.74 Å². The molecular weight excluding hydrogens is 306 g/mol. The summed E-state index contributed by atoms with van der Waals surface area (Å²) in [7, 11) is 1.61. The van der Waals surface area contributed by atoms with Crippen LogP contribution in [-0.2, 0) is 0 Å². The van der Waals surface area contributed by atoms with Crippen molar-refractivity contribution < 1.29 is 4.74 Å². The van der Waals surface area contributed by atoms with Crippen molar-refractivity contribution >= 4 is 17.1 Å². The van der Waals surface area contributed by atoms with Gasteiger partial charge < -0.3 is 15.4 Å². The van der Waals surface area contributed by atoms with E-state index in [0.717, 1.165) is 11.3 Å². The van der Waals surface area contributed by atoms with Gasteiger partial charge in [-0.05, 0) is 36.8 Å². The molecule has 2 aromatic carbocycles. The number of pyridine rings is 1. The summed E-state index contributed by atoms with van der Waals surface area (Å²) in [5, 5.41) is 6.08. The number of rotatable bonds is 6. The fraction of sp³-hybridized carbons (Fsp3) is 0.167. The lowest BCUT2D eigenvalue weighted by atomic mass is 10.1. The van der Waals surface area contributed by atoms with Gasteiger partial charge in [0.1, 0.15) is 17.1 Å². The smallest absolute Gasteiger partial charge is 0.253 e. The summed E-state index contributed by atoms with van der Waals surface area (Å²) >= 11 is 0. The summed E-state index contributed by atoms with van der Waals surface area (Å²) in [5.74, 6) is 0.764. The Morgan fingerprint density at radius 3 is 2.21 bits per heavy atom. The lowest BCUT2D eigenvalue weighted by molar-refractivity contribution is 0.414. The first-order chi connectivity index (χ1) is 11.6. The van der Waals surface area contributed by atoms with Crippen LogP contribution in [0, 0.1) is 0 Å². The molecule has 0 aliphatic heterocycles. The van der Waals surface area contributed by atoms with E-state index in [-0.39, 0.29) is 11.7 Å². The molecule has 0 fully saturated rings. The topological polar surface area (TPSA) is 80.3 Å². The molecule has 6 heteroatoms. The number of anilines is 3. The molecule has 0 aliphatic rings. The van der Waals surface area contributed by atoms with Gasteiger partial charge >= 0.3 is 0 Å². The second-order valence-corrected chi connectivity index (χ2v) is 5.41. The van der Waals surface area contributed by atoms with Gasteiger partial charge in [0.05, 0.1) is 7.11 Å². The number of benzene rings is 1. The minimum absolute atomic E-state index is 0.128. The highest BCUT2D eigenvalue weighted by atomic mass is 16.5. The van der Waals surface area contributed by atoms with E-state index >= 15 is 0 Å². The molecule has 2 N–H and O–H groups in total. The Labute approximate surface area is 138 Å². The Morgan fingerprint density at radius 2 is 1.58 bits per heavy atom. The highest BCUT2D eigenvalue weighted by Crippen LogP contribution is 2.25. The molecule has 0 aliphatic carbocycles. The third-order valence-corrected chi connectivity index (χ3v) is 3.84. The fourth-order valence-electron chi connectivity index (χ4n) is 2.42. The third kappa shape index (κ3) is 2.99. The normalized spacial score (nSPS) is 11.9. The molecule has 24 heavy (non-hydrogen) atoms. The molecule has 0 radical (unpaired) electrons. The van der Waals surface area contributed by atoms with Crippen LogP contribution in [0.1, 0.15) is 18.5 Å². The maximum absolute atomic E-state index is 11.9. The van der Waals surface area contributed by atoms with E-state index in [1.807, 2.05) is 31.2 Å². The molecule has 0 bridgehead atoms. The summed E-state index contributed by atoms with van der Waals surface area (Å²) in [6, 6.07) is 10.9. The van der Waals surface area contributed by atoms with E-state index in [0.29, 0.717) is 11.4 Å². The highest BCUT2D eigenvalue weighted by Gasteiger charge is 2.22. The molecule has 1 heterocycles. The van der Waals surface area contributed by atoms with Gasteiger partial charge in [0.15, 0.2) is 0 Å². The molecule has 122 valence electrons. The second kappa shape index (κ2) is 6.54. The molecule has 3 aromatic rings. The first kappa shape index (κ1) is 15.7. The minimum atomic E-state index is -0.517. The molecule has 1 aromatic heterocycles. The van der Waals surface area contributed by atoms with E-state index < -0.39 is 10.9 Å². The predicted molar refractivity (Wildman–Crippen MR) is 93.9 cm³/mol. The van der Waals surface area contributed by atoms with Crippen molar-refractivity contribution in [3.63, 3.8) is 0 Å². The zero-order valence-electron chi connectivity index (χ0n) is 13.4. The summed E-state index contributed by atoms with van der Waals surface area (Å²) in [6.07, 6.45) is 3.22. The van der Waals surface area contributed by atoms with E-state index in [2.05, 4.69) is 15.6 Å². The van der Waals surface area contributed by atoms with Crippen LogP contribution in [0.5, 0.6) is 5.75 Å². The van der Waals surface area contributed by atoms with Crippen LogP contribution < -0.4 is 26.2 Å². The van der Waals surface area contributed by atoms with Crippen molar-refractivity contribution in [1.82, 2.24) is 4.98 Å². The molecule has 0 unspecified atom stereocenters. The third-order valence-electron chi connectivity index (χ3n) is 3.84. The van der Waals surface area contributed by atoms with Crippen molar-refractivity contribution in [2.24, 2.45) is 0 Å². The predicted octanol–water partition coefficient (Wildman–Crippen LogP) is 2.60. The van der Waals surface area contributed by atoms with Crippen LogP contribution in [0.2, 0.25) is 0 Å². The lowest BCUT2D eigenvalue weighted by Gasteiger charge is -2.20. The average molecular weight is 323 g/mol. The molecule has 0 amide bonds. The van der Waals surface area contributed by atoms with Crippen molar-refractivity contribution in [3.8, 4) is 5.75 Å². The van der Waals surface area contributed by atoms with Gasteiger partial charge in [-0.3, -0.25) is 14.6 Å². The number of nitrogens with one attached hydrogen (secondary N) is 2. The Morgan fingerprint density at radius 1 is 0.958 bits per heavy atom. The monoisotopic (exact) mass is 323 g/mol. The number of methoxy groups -OCH3 is 1. The largest absolute Gasteiger partial charge is 0.497 e. The Bertz CT molecular complexity index is 898. The Balaban J connectivity index is 1.79. The highest BCUT2D eigenvalue weighted by molar-refractivity contribution is 5.78.